The van der Waals surface area contributed by atoms with Crippen molar-refractivity contribution in [3.63, 3.8) is 0 Å². The Morgan fingerprint density at radius 2 is 2.00 bits per heavy atom. The number of hydrogen-bond acceptors (Lipinski definition) is 5. The fourth-order valence-electron chi connectivity index (χ4n) is 3.54. The fourth-order valence-corrected chi connectivity index (χ4v) is 4.56. The minimum Gasteiger partial charge on any atom is -0.495 e. The number of hydrogen-bond donors (Lipinski definition) is 0. The Morgan fingerprint density at radius 1 is 1.25 bits per heavy atom. The van der Waals surface area contributed by atoms with E-state index in [-0.39, 0.29) is 24.2 Å². The molecular weight excluding hydrogens is 374 g/mol. The molecule has 144 valence electrons. The van der Waals surface area contributed by atoms with Crippen molar-refractivity contribution in [2.45, 2.75) is 13.0 Å². The number of ether oxygens (including phenoxy) is 1. The first kappa shape index (κ1) is 18.4. The minimum absolute atomic E-state index is 0.0370. The molecule has 1 fully saturated rings. The first-order valence-electron chi connectivity index (χ1n) is 9.09. The van der Waals surface area contributed by atoms with E-state index in [1.807, 2.05) is 48.5 Å². The van der Waals surface area contributed by atoms with Crippen LogP contribution in [0, 0.1) is 5.92 Å². The van der Waals surface area contributed by atoms with Crippen LogP contribution in [0.25, 0.3) is 10.2 Å². The second-order valence-electron chi connectivity index (χ2n) is 6.85. The van der Waals surface area contributed by atoms with Crippen LogP contribution in [0.4, 0.5) is 5.69 Å². The number of methoxy groups -OCH3 is 1. The Bertz CT molecular complexity index is 999. The molecule has 0 N–H and O–H groups in total. The number of amides is 2. The van der Waals surface area contributed by atoms with Crippen molar-refractivity contribution in [2.24, 2.45) is 5.92 Å². The summed E-state index contributed by atoms with van der Waals surface area (Å²) in [5.74, 6) is 0.171. The van der Waals surface area contributed by atoms with Gasteiger partial charge in [0.1, 0.15) is 10.8 Å². The molecule has 3 aromatic rings. The second kappa shape index (κ2) is 7.59. The molecule has 0 spiro atoms. The normalized spacial score (nSPS) is 16.6. The zero-order valence-corrected chi connectivity index (χ0v) is 16.6. The second-order valence-corrected chi connectivity index (χ2v) is 7.96. The van der Waals surface area contributed by atoms with Crippen LogP contribution in [-0.4, -0.2) is 42.4 Å². The molecule has 4 rings (SSSR count). The largest absolute Gasteiger partial charge is 0.495 e. The lowest BCUT2D eigenvalue weighted by molar-refractivity contribution is -0.135. The molecule has 1 aliphatic heterocycles. The average Bonchev–Trinajstić information content (AvgIpc) is 3.29. The summed E-state index contributed by atoms with van der Waals surface area (Å²) in [6.45, 7) is 0.805. The molecule has 6 nitrogen and oxygen atoms in total. The van der Waals surface area contributed by atoms with Gasteiger partial charge in [-0.1, -0.05) is 24.3 Å². The monoisotopic (exact) mass is 395 g/mol. The first-order chi connectivity index (χ1) is 13.6. The molecule has 28 heavy (non-hydrogen) atoms. The van der Waals surface area contributed by atoms with E-state index in [1.54, 1.807) is 35.3 Å². The van der Waals surface area contributed by atoms with Crippen molar-refractivity contribution in [1.82, 2.24) is 9.88 Å². The van der Waals surface area contributed by atoms with Crippen molar-refractivity contribution >= 4 is 39.1 Å². The summed E-state index contributed by atoms with van der Waals surface area (Å²) in [4.78, 5) is 33.4. The van der Waals surface area contributed by atoms with Crippen molar-refractivity contribution in [3.05, 3.63) is 53.5 Å². The summed E-state index contributed by atoms with van der Waals surface area (Å²) in [5.41, 5.74) is 1.65. The molecular formula is C21H21N3O3S. The quantitative estimate of drug-likeness (QED) is 0.665. The van der Waals surface area contributed by atoms with Gasteiger partial charge in [-0.3, -0.25) is 9.59 Å². The highest BCUT2D eigenvalue weighted by atomic mass is 32.1. The molecule has 1 aliphatic rings. The molecule has 0 aliphatic carbocycles. The van der Waals surface area contributed by atoms with Crippen LogP contribution in [0.15, 0.2) is 48.5 Å². The molecule has 1 atom stereocenters. The maximum Gasteiger partial charge on any atom is 0.228 e. The molecule has 1 saturated heterocycles. The molecule has 2 heterocycles. The van der Waals surface area contributed by atoms with E-state index >= 15 is 0 Å². The lowest BCUT2D eigenvalue weighted by Gasteiger charge is -2.21. The first-order valence-corrected chi connectivity index (χ1v) is 9.91. The van der Waals surface area contributed by atoms with Gasteiger partial charge in [-0.2, -0.15) is 0 Å². The van der Waals surface area contributed by atoms with Crippen molar-refractivity contribution in [2.75, 3.05) is 25.6 Å². The Kier molecular flexibility index (Phi) is 5.00. The van der Waals surface area contributed by atoms with E-state index in [0.717, 1.165) is 15.2 Å². The van der Waals surface area contributed by atoms with E-state index in [1.165, 1.54) is 0 Å². The topological polar surface area (TPSA) is 62.7 Å². The molecule has 0 bridgehead atoms. The van der Waals surface area contributed by atoms with Gasteiger partial charge in [-0.05, 0) is 24.3 Å². The van der Waals surface area contributed by atoms with Gasteiger partial charge in [0, 0.05) is 20.0 Å². The highest BCUT2D eigenvalue weighted by Gasteiger charge is 2.37. The number of aromatic nitrogens is 1. The van der Waals surface area contributed by atoms with Gasteiger partial charge in [0.2, 0.25) is 11.8 Å². The Labute approximate surface area is 167 Å². The highest BCUT2D eigenvalue weighted by molar-refractivity contribution is 7.18. The number of para-hydroxylation sites is 3. The predicted octanol–water partition coefficient (Wildman–Crippen LogP) is 3.32. The van der Waals surface area contributed by atoms with Crippen LogP contribution in [0.2, 0.25) is 0 Å². The van der Waals surface area contributed by atoms with Gasteiger partial charge in [-0.15, -0.1) is 11.3 Å². The summed E-state index contributed by atoms with van der Waals surface area (Å²) >= 11 is 1.59. The number of fused-ring (bicyclic) bond motifs is 1. The van der Waals surface area contributed by atoms with Gasteiger partial charge in [0.25, 0.3) is 0 Å². The summed E-state index contributed by atoms with van der Waals surface area (Å²) in [5, 5.41) is 0.892. The standard InChI is InChI=1S/C21H21N3O3S/c1-23(13-19-22-15-7-3-6-10-18(15)28-19)21(26)14-11-20(25)24(12-14)16-8-4-5-9-17(16)27-2/h3-10,14H,11-13H2,1-2H3. The van der Waals surface area contributed by atoms with Crippen molar-refractivity contribution < 1.29 is 14.3 Å². The third-order valence-electron chi connectivity index (χ3n) is 4.94. The van der Waals surface area contributed by atoms with Crippen molar-refractivity contribution in [3.8, 4) is 5.75 Å². The minimum atomic E-state index is -0.364. The summed E-state index contributed by atoms with van der Waals surface area (Å²) in [7, 11) is 3.35. The van der Waals surface area contributed by atoms with Crippen molar-refractivity contribution in [1.29, 1.82) is 0 Å². The number of benzene rings is 2. The van der Waals surface area contributed by atoms with Gasteiger partial charge in [0.05, 0.1) is 35.5 Å². The molecule has 2 aromatic carbocycles. The number of nitrogens with zero attached hydrogens (tertiary/aromatic N) is 3. The van der Waals surface area contributed by atoms with Gasteiger partial charge >= 0.3 is 0 Å². The lowest BCUT2D eigenvalue weighted by atomic mass is 10.1. The van der Waals surface area contributed by atoms with Gasteiger partial charge in [-0.25, -0.2) is 4.98 Å². The number of thiazole rings is 1. The zero-order chi connectivity index (χ0) is 19.7. The Hall–Kier alpha value is -2.93. The van der Waals surface area contributed by atoms with E-state index in [4.69, 9.17) is 4.74 Å². The maximum atomic E-state index is 12.9. The van der Waals surface area contributed by atoms with Crippen LogP contribution in [-0.2, 0) is 16.1 Å². The van der Waals surface area contributed by atoms with Gasteiger partial charge in [0.15, 0.2) is 0 Å². The molecule has 0 saturated carbocycles. The third kappa shape index (κ3) is 3.45. The van der Waals surface area contributed by atoms with Crippen LogP contribution in [0.5, 0.6) is 5.75 Å². The number of carbonyl (C=O) groups excluding carboxylic acids is 2. The SMILES string of the molecule is COc1ccccc1N1CC(C(=O)N(C)Cc2nc3ccccc3s2)CC1=O. The summed E-state index contributed by atoms with van der Waals surface area (Å²) in [6, 6.07) is 15.3. The average molecular weight is 395 g/mol. The molecule has 1 aromatic heterocycles. The van der Waals surface area contributed by atoms with E-state index < -0.39 is 0 Å². The number of rotatable bonds is 5. The van der Waals surface area contributed by atoms with Crippen LogP contribution in [0.1, 0.15) is 11.4 Å². The molecule has 2 amide bonds. The van der Waals surface area contributed by atoms with E-state index in [9.17, 15) is 9.59 Å². The smallest absolute Gasteiger partial charge is 0.228 e. The Morgan fingerprint density at radius 3 is 2.79 bits per heavy atom. The molecule has 1 unspecified atom stereocenters. The maximum absolute atomic E-state index is 12.9. The van der Waals surface area contributed by atoms with E-state index in [0.29, 0.717) is 24.5 Å². The van der Waals surface area contributed by atoms with Crippen LogP contribution < -0.4 is 9.64 Å². The lowest BCUT2D eigenvalue weighted by Crippen LogP contribution is -2.34. The highest BCUT2D eigenvalue weighted by Crippen LogP contribution is 2.33. The molecule has 0 radical (unpaired) electrons. The fraction of sp³-hybridized carbons (Fsp3) is 0.286. The van der Waals surface area contributed by atoms with Crippen LogP contribution in [0.3, 0.4) is 0 Å². The Balaban J connectivity index is 1.46. The zero-order valence-electron chi connectivity index (χ0n) is 15.8. The number of carbonyl (C=O) groups is 2. The van der Waals surface area contributed by atoms with Gasteiger partial charge < -0.3 is 14.5 Å². The summed E-state index contributed by atoms with van der Waals surface area (Å²) in [6.07, 6.45) is 0.209. The third-order valence-corrected chi connectivity index (χ3v) is 5.96. The predicted molar refractivity (Wildman–Crippen MR) is 110 cm³/mol. The molecule has 7 heteroatoms. The van der Waals surface area contributed by atoms with E-state index in [2.05, 4.69) is 4.98 Å². The number of anilines is 1. The summed E-state index contributed by atoms with van der Waals surface area (Å²) < 4.78 is 6.47. The van der Waals surface area contributed by atoms with Crippen LogP contribution >= 0.6 is 11.3 Å².